The number of halogens is 4. The number of benzene rings is 1. The first-order valence-corrected chi connectivity index (χ1v) is 6.45. The van der Waals surface area contributed by atoms with E-state index in [0.717, 1.165) is 31.4 Å². The highest BCUT2D eigenvalue weighted by Gasteiger charge is 2.35. The van der Waals surface area contributed by atoms with Crippen molar-refractivity contribution in [3.8, 4) is 0 Å². The van der Waals surface area contributed by atoms with Gasteiger partial charge in [-0.3, -0.25) is 4.79 Å². The van der Waals surface area contributed by atoms with Crippen molar-refractivity contribution in [2.24, 2.45) is 5.92 Å². The normalized spacial score (nSPS) is 16.9. The predicted molar refractivity (Wildman–Crippen MR) is 65.7 cm³/mol. The van der Waals surface area contributed by atoms with Gasteiger partial charge in [-0.1, -0.05) is 18.9 Å². The molecule has 20 heavy (non-hydrogen) atoms. The Labute approximate surface area is 114 Å². The highest BCUT2D eigenvalue weighted by Crippen LogP contribution is 2.34. The van der Waals surface area contributed by atoms with Crippen LogP contribution in [-0.2, 0) is 6.18 Å². The summed E-state index contributed by atoms with van der Waals surface area (Å²) in [6.07, 6.45) is -1.82. The maximum absolute atomic E-state index is 13.8. The number of carbonyl (C=O) groups excluding carboxylic acids is 1. The third-order valence-electron chi connectivity index (χ3n) is 3.31. The lowest BCUT2D eigenvalue weighted by Crippen LogP contribution is -2.33. The molecule has 6 heteroatoms. The molecule has 0 bridgehead atoms. The Morgan fingerprint density at radius 1 is 1.40 bits per heavy atom. The summed E-state index contributed by atoms with van der Waals surface area (Å²) in [6.45, 7) is 1.77. The van der Waals surface area contributed by atoms with Crippen molar-refractivity contribution in [3.63, 3.8) is 0 Å². The zero-order chi connectivity index (χ0) is 14.9. The molecule has 1 amide bonds. The second-order valence-electron chi connectivity index (χ2n) is 5.22. The Kier molecular flexibility index (Phi) is 4.01. The zero-order valence-electron chi connectivity index (χ0n) is 10.9. The molecular weight excluding hydrogens is 274 g/mol. The molecule has 0 spiro atoms. The lowest BCUT2D eigenvalue weighted by atomic mass is 10.1. The third-order valence-corrected chi connectivity index (χ3v) is 3.31. The average Bonchev–Trinajstić information content (AvgIpc) is 3.11. The predicted octanol–water partition coefficient (Wildman–Crippen LogP) is 3.76. The average molecular weight is 289 g/mol. The SMILES string of the molecule is CC(CC1CC1)NC(=O)c1cccc(C(F)(F)F)c1F. The summed E-state index contributed by atoms with van der Waals surface area (Å²) in [5.74, 6) is -1.76. The van der Waals surface area contributed by atoms with Gasteiger partial charge in [0, 0.05) is 6.04 Å². The number of nitrogens with one attached hydrogen (secondary N) is 1. The molecular formula is C14H15F4NO. The summed E-state index contributed by atoms with van der Waals surface area (Å²) >= 11 is 0. The molecule has 110 valence electrons. The Bertz CT molecular complexity index is 508. The Hall–Kier alpha value is -1.59. The molecule has 1 fully saturated rings. The van der Waals surface area contributed by atoms with E-state index in [1.807, 2.05) is 0 Å². The van der Waals surface area contributed by atoms with E-state index in [2.05, 4.69) is 5.32 Å². The van der Waals surface area contributed by atoms with Gasteiger partial charge in [-0.25, -0.2) is 4.39 Å². The van der Waals surface area contributed by atoms with Crippen molar-refractivity contribution >= 4 is 5.91 Å². The van der Waals surface area contributed by atoms with E-state index in [0.29, 0.717) is 12.0 Å². The smallest absolute Gasteiger partial charge is 0.349 e. The molecule has 0 saturated heterocycles. The summed E-state index contributed by atoms with van der Waals surface area (Å²) in [5, 5.41) is 2.54. The van der Waals surface area contributed by atoms with Crippen molar-refractivity contribution in [3.05, 3.63) is 35.1 Å². The van der Waals surface area contributed by atoms with Crippen LogP contribution in [0.15, 0.2) is 18.2 Å². The molecule has 2 nitrogen and oxygen atoms in total. The number of carbonyl (C=O) groups is 1. The van der Waals surface area contributed by atoms with Gasteiger partial charge in [-0.15, -0.1) is 0 Å². The fraction of sp³-hybridized carbons (Fsp3) is 0.500. The first kappa shape index (κ1) is 14.8. The quantitative estimate of drug-likeness (QED) is 0.840. The summed E-state index contributed by atoms with van der Waals surface area (Å²) in [6, 6.07) is 2.54. The molecule has 1 aliphatic rings. The molecule has 1 atom stereocenters. The molecule has 0 heterocycles. The number of rotatable bonds is 4. The minimum Gasteiger partial charge on any atom is -0.349 e. The van der Waals surface area contributed by atoms with Gasteiger partial charge in [-0.05, 0) is 31.4 Å². The van der Waals surface area contributed by atoms with Crippen LogP contribution >= 0.6 is 0 Å². The van der Waals surface area contributed by atoms with Crippen LogP contribution in [-0.4, -0.2) is 11.9 Å². The molecule has 0 aromatic heterocycles. The van der Waals surface area contributed by atoms with Gasteiger partial charge in [0.2, 0.25) is 0 Å². The molecule has 0 aliphatic heterocycles. The van der Waals surface area contributed by atoms with Gasteiger partial charge in [0.1, 0.15) is 5.82 Å². The molecule has 1 saturated carbocycles. The molecule has 0 radical (unpaired) electrons. The number of amides is 1. The van der Waals surface area contributed by atoms with Crippen molar-refractivity contribution in [2.75, 3.05) is 0 Å². The fourth-order valence-electron chi connectivity index (χ4n) is 2.14. The summed E-state index contributed by atoms with van der Waals surface area (Å²) in [7, 11) is 0. The van der Waals surface area contributed by atoms with E-state index in [4.69, 9.17) is 0 Å². The van der Waals surface area contributed by atoms with Crippen LogP contribution < -0.4 is 5.32 Å². The molecule has 1 N–H and O–H groups in total. The van der Waals surface area contributed by atoms with Gasteiger partial charge in [0.15, 0.2) is 0 Å². The molecule has 1 aromatic carbocycles. The second-order valence-corrected chi connectivity index (χ2v) is 5.22. The van der Waals surface area contributed by atoms with Crippen LogP contribution in [0.5, 0.6) is 0 Å². The minimum atomic E-state index is -4.81. The first-order chi connectivity index (χ1) is 9.29. The van der Waals surface area contributed by atoms with Crippen molar-refractivity contribution in [2.45, 2.75) is 38.4 Å². The Balaban J connectivity index is 2.13. The van der Waals surface area contributed by atoms with E-state index < -0.39 is 29.0 Å². The van der Waals surface area contributed by atoms with Crippen LogP contribution in [0.3, 0.4) is 0 Å². The van der Waals surface area contributed by atoms with Crippen LogP contribution in [0.4, 0.5) is 17.6 Å². The molecule has 1 aromatic rings. The number of alkyl halides is 3. The van der Waals surface area contributed by atoms with Crippen molar-refractivity contribution in [1.29, 1.82) is 0 Å². The van der Waals surface area contributed by atoms with Crippen molar-refractivity contribution < 1.29 is 22.4 Å². The van der Waals surface area contributed by atoms with E-state index in [9.17, 15) is 22.4 Å². The maximum Gasteiger partial charge on any atom is 0.419 e. The molecule has 1 aliphatic carbocycles. The van der Waals surface area contributed by atoms with Crippen LogP contribution in [0.25, 0.3) is 0 Å². The summed E-state index contributed by atoms with van der Waals surface area (Å²) < 4.78 is 51.5. The van der Waals surface area contributed by atoms with Gasteiger partial charge in [0.25, 0.3) is 5.91 Å². The minimum absolute atomic E-state index is 0.177. The first-order valence-electron chi connectivity index (χ1n) is 6.45. The van der Waals surface area contributed by atoms with E-state index >= 15 is 0 Å². The fourth-order valence-corrected chi connectivity index (χ4v) is 2.14. The maximum atomic E-state index is 13.8. The summed E-state index contributed by atoms with van der Waals surface area (Å²) in [4.78, 5) is 11.8. The Morgan fingerprint density at radius 3 is 2.60 bits per heavy atom. The van der Waals surface area contributed by atoms with Crippen LogP contribution in [0.2, 0.25) is 0 Å². The third kappa shape index (κ3) is 3.49. The molecule has 2 rings (SSSR count). The van der Waals surface area contributed by atoms with Gasteiger partial charge >= 0.3 is 6.18 Å². The zero-order valence-corrected chi connectivity index (χ0v) is 10.9. The standard InChI is InChI=1S/C14H15F4NO/c1-8(7-9-5-6-9)19-13(20)10-3-2-4-11(12(10)15)14(16,17)18/h2-4,8-9H,5-7H2,1H3,(H,19,20). The van der Waals surface area contributed by atoms with Crippen molar-refractivity contribution in [1.82, 2.24) is 5.32 Å². The lowest BCUT2D eigenvalue weighted by Gasteiger charge is -2.15. The van der Waals surface area contributed by atoms with E-state index in [1.54, 1.807) is 6.92 Å². The van der Waals surface area contributed by atoms with Crippen LogP contribution in [0, 0.1) is 11.7 Å². The topological polar surface area (TPSA) is 29.1 Å². The Morgan fingerprint density at radius 2 is 2.05 bits per heavy atom. The highest BCUT2D eigenvalue weighted by atomic mass is 19.4. The van der Waals surface area contributed by atoms with Gasteiger partial charge in [-0.2, -0.15) is 13.2 Å². The monoisotopic (exact) mass is 289 g/mol. The van der Waals surface area contributed by atoms with E-state index in [1.165, 1.54) is 0 Å². The molecule has 1 unspecified atom stereocenters. The highest BCUT2D eigenvalue weighted by molar-refractivity contribution is 5.94. The van der Waals surface area contributed by atoms with Crippen LogP contribution in [0.1, 0.15) is 42.1 Å². The largest absolute Gasteiger partial charge is 0.419 e. The van der Waals surface area contributed by atoms with Gasteiger partial charge in [0.05, 0.1) is 11.1 Å². The lowest BCUT2D eigenvalue weighted by molar-refractivity contribution is -0.140. The van der Waals surface area contributed by atoms with E-state index in [-0.39, 0.29) is 6.04 Å². The number of hydrogen-bond donors (Lipinski definition) is 1. The summed E-state index contributed by atoms with van der Waals surface area (Å²) in [5.41, 5.74) is -1.98. The number of hydrogen-bond acceptors (Lipinski definition) is 1. The second kappa shape index (κ2) is 5.42. The van der Waals surface area contributed by atoms with Gasteiger partial charge < -0.3 is 5.32 Å².